The van der Waals surface area contributed by atoms with Crippen LogP contribution in [-0.4, -0.2) is 37.8 Å². The van der Waals surface area contributed by atoms with Crippen molar-refractivity contribution in [3.63, 3.8) is 0 Å². The van der Waals surface area contributed by atoms with Crippen LogP contribution in [0.2, 0.25) is 5.02 Å². The fourth-order valence-electron chi connectivity index (χ4n) is 1.73. The van der Waals surface area contributed by atoms with Gasteiger partial charge in [0, 0.05) is 23.8 Å². The van der Waals surface area contributed by atoms with Crippen molar-refractivity contribution in [1.29, 1.82) is 0 Å². The summed E-state index contributed by atoms with van der Waals surface area (Å²) in [7, 11) is 3.07. The van der Waals surface area contributed by atoms with Crippen molar-refractivity contribution in [3.05, 3.63) is 17.2 Å². The summed E-state index contributed by atoms with van der Waals surface area (Å²) >= 11 is 7.80. The SMILES string of the molecule is COc1cc(Cl)c(NC(=O)C2CSCN2)cc1OC. The van der Waals surface area contributed by atoms with Crippen molar-refractivity contribution < 1.29 is 14.3 Å². The highest BCUT2D eigenvalue weighted by molar-refractivity contribution is 7.99. The zero-order valence-corrected chi connectivity index (χ0v) is 12.2. The van der Waals surface area contributed by atoms with Crippen LogP contribution in [0, 0.1) is 0 Å². The predicted octanol–water partition coefficient (Wildman–Crippen LogP) is 1.96. The van der Waals surface area contributed by atoms with Gasteiger partial charge in [0.05, 0.1) is 31.0 Å². The summed E-state index contributed by atoms with van der Waals surface area (Å²) in [5, 5.41) is 6.31. The van der Waals surface area contributed by atoms with Crippen LogP contribution in [0.3, 0.4) is 0 Å². The van der Waals surface area contributed by atoms with E-state index in [0.717, 1.165) is 11.6 Å². The lowest BCUT2D eigenvalue weighted by atomic mass is 10.2. The van der Waals surface area contributed by atoms with Crippen molar-refractivity contribution in [2.75, 3.05) is 31.2 Å². The quantitative estimate of drug-likeness (QED) is 0.890. The van der Waals surface area contributed by atoms with Gasteiger partial charge in [-0.15, -0.1) is 11.8 Å². The van der Waals surface area contributed by atoms with Gasteiger partial charge in [0.1, 0.15) is 0 Å². The van der Waals surface area contributed by atoms with Gasteiger partial charge in [-0.2, -0.15) is 0 Å². The number of hydrogen-bond donors (Lipinski definition) is 2. The Morgan fingerprint density at radius 3 is 2.68 bits per heavy atom. The molecule has 7 heteroatoms. The maximum absolute atomic E-state index is 12.0. The molecule has 1 unspecified atom stereocenters. The van der Waals surface area contributed by atoms with Gasteiger partial charge in [-0.25, -0.2) is 0 Å². The number of carbonyl (C=O) groups is 1. The first-order valence-electron chi connectivity index (χ1n) is 5.69. The molecule has 1 aliphatic rings. The fraction of sp³-hybridized carbons (Fsp3) is 0.417. The lowest BCUT2D eigenvalue weighted by Crippen LogP contribution is -2.37. The maximum Gasteiger partial charge on any atom is 0.242 e. The second-order valence-electron chi connectivity index (χ2n) is 3.95. The molecule has 2 N–H and O–H groups in total. The zero-order chi connectivity index (χ0) is 13.8. The number of halogens is 1. The Hall–Kier alpha value is -1.11. The Bertz CT molecular complexity index is 478. The van der Waals surface area contributed by atoms with Gasteiger partial charge in [0.15, 0.2) is 11.5 Å². The number of nitrogens with one attached hydrogen (secondary N) is 2. The monoisotopic (exact) mass is 302 g/mol. The van der Waals surface area contributed by atoms with Crippen LogP contribution in [0.1, 0.15) is 0 Å². The first-order valence-corrected chi connectivity index (χ1v) is 7.22. The van der Waals surface area contributed by atoms with Crippen LogP contribution in [0.25, 0.3) is 0 Å². The molecule has 1 aromatic carbocycles. The molecular formula is C12H15ClN2O3S. The largest absolute Gasteiger partial charge is 0.493 e. The van der Waals surface area contributed by atoms with Crippen LogP contribution in [0.15, 0.2) is 12.1 Å². The molecular weight excluding hydrogens is 288 g/mol. The first kappa shape index (κ1) is 14.3. The Morgan fingerprint density at radius 2 is 2.11 bits per heavy atom. The van der Waals surface area contributed by atoms with Crippen LogP contribution >= 0.6 is 23.4 Å². The van der Waals surface area contributed by atoms with E-state index >= 15 is 0 Å². The summed E-state index contributed by atoms with van der Waals surface area (Å²) < 4.78 is 10.3. The third kappa shape index (κ3) is 3.26. The van der Waals surface area contributed by atoms with Gasteiger partial charge in [-0.05, 0) is 0 Å². The van der Waals surface area contributed by atoms with E-state index in [1.807, 2.05) is 0 Å². The maximum atomic E-state index is 12.0. The number of amides is 1. The lowest BCUT2D eigenvalue weighted by Gasteiger charge is -2.14. The van der Waals surface area contributed by atoms with Crippen molar-refractivity contribution in [2.45, 2.75) is 6.04 Å². The van der Waals surface area contributed by atoms with Crippen molar-refractivity contribution in [1.82, 2.24) is 5.32 Å². The smallest absolute Gasteiger partial charge is 0.242 e. The van der Waals surface area contributed by atoms with E-state index in [4.69, 9.17) is 21.1 Å². The van der Waals surface area contributed by atoms with Crippen molar-refractivity contribution in [2.24, 2.45) is 0 Å². The van der Waals surface area contributed by atoms with E-state index < -0.39 is 0 Å². The average molecular weight is 303 g/mol. The molecule has 0 aromatic heterocycles. The van der Waals surface area contributed by atoms with E-state index in [0.29, 0.717) is 22.2 Å². The molecule has 0 bridgehead atoms. The van der Waals surface area contributed by atoms with Gasteiger partial charge < -0.3 is 14.8 Å². The number of carbonyl (C=O) groups excluding carboxylic acids is 1. The van der Waals surface area contributed by atoms with Crippen molar-refractivity contribution >= 4 is 35.0 Å². The molecule has 1 atom stereocenters. The molecule has 0 spiro atoms. The van der Waals surface area contributed by atoms with Gasteiger partial charge >= 0.3 is 0 Å². The van der Waals surface area contributed by atoms with E-state index in [-0.39, 0.29) is 11.9 Å². The summed E-state index contributed by atoms with van der Waals surface area (Å²) in [5.74, 6) is 2.50. The Balaban J connectivity index is 2.17. The summed E-state index contributed by atoms with van der Waals surface area (Å²) in [6.07, 6.45) is 0. The third-order valence-corrected chi connectivity index (χ3v) is 4.02. The highest BCUT2D eigenvalue weighted by Gasteiger charge is 2.23. The minimum atomic E-state index is -0.186. The highest BCUT2D eigenvalue weighted by atomic mass is 35.5. The van der Waals surface area contributed by atoms with Crippen LogP contribution in [-0.2, 0) is 4.79 Å². The second-order valence-corrected chi connectivity index (χ2v) is 5.39. The molecule has 1 fully saturated rings. The summed E-state index contributed by atoms with van der Waals surface area (Å²) in [5.41, 5.74) is 0.517. The molecule has 104 valence electrons. The summed E-state index contributed by atoms with van der Waals surface area (Å²) in [6, 6.07) is 3.09. The minimum absolute atomic E-state index is 0.0980. The lowest BCUT2D eigenvalue weighted by molar-refractivity contribution is -0.117. The molecule has 5 nitrogen and oxygen atoms in total. The standard InChI is InChI=1S/C12H15ClN2O3S/c1-17-10-3-7(13)8(4-11(10)18-2)15-12(16)9-5-19-6-14-9/h3-4,9,14H,5-6H2,1-2H3,(H,15,16). The molecule has 0 saturated carbocycles. The molecule has 1 saturated heterocycles. The predicted molar refractivity (Wildman–Crippen MR) is 77.4 cm³/mol. The number of benzene rings is 1. The molecule has 1 heterocycles. The molecule has 1 aliphatic heterocycles. The third-order valence-electron chi connectivity index (χ3n) is 2.76. The minimum Gasteiger partial charge on any atom is -0.493 e. The van der Waals surface area contributed by atoms with E-state index in [1.165, 1.54) is 14.2 Å². The van der Waals surface area contributed by atoms with Crippen LogP contribution < -0.4 is 20.1 Å². The molecule has 1 amide bonds. The van der Waals surface area contributed by atoms with Crippen molar-refractivity contribution in [3.8, 4) is 11.5 Å². The molecule has 1 aromatic rings. The Kier molecular flexibility index (Phi) is 4.79. The van der Waals surface area contributed by atoms with Crippen LogP contribution in [0.4, 0.5) is 5.69 Å². The highest BCUT2D eigenvalue weighted by Crippen LogP contribution is 2.36. The average Bonchev–Trinajstić information content (AvgIpc) is 2.94. The first-order chi connectivity index (χ1) is 9.15. The van der Waals surface area contributed by atoms with Gasteiger partial charge in [-0.3, -0.25) is 10.1 Å². The van der Waals surface area contributed by atoms with Gasteiger partial charge in [-0.1, -0.05) is 11.6 Å². The number of thioether (sulfide) groups is 1. The normalized spacial score (nSPS) is 18.2. The number of rotatable bonds is 4. The Labute approximate surface area is 121 Å². The second kappa shape index (κ2) is 6.36. The number of anilines is 1. The summed E-state index contributed by atoms with van der Waals surface area (Å²) in [6.45, 7) is 0. The molecule has 0 aliphatic carbocycles. The van der Waals surface area contributed by atoms with Gasteiger partial charge in [0.2, 0.25) is 5.91 Å². The number of ether oxygens (including phenoxy) is 2. The molecule has 0 radical (unpaired) electrons. The van der Waals surface area contributed by atoms with Gasteiger partial charge in [0.25, 0.3) is 0 Å². The van der Waals surface area contributed by atoms with Crippen LogP contribution in [0.5, 0.6) is 11.5 Å². The van der Waals surface area contributed by atoms with E-state index in [1.54, 1.807) is 23.9 Å². The zero-order valence-electron chi connectivity index (χ0n) is 10.7. The number of methoxy groups -OCH3 is 2. The van der Waals surface area contributed by atoms with E-state index in [2.05, 4.69) is 10.6 Å². The number of hydrogen-bond acceptors (Lipinski definition) is 5. The Morgan fingerprint density at radius 1 is 1.42 bits per heavy atom. The fourth-order valence-corrected chi connectivity index (χ4v) is 2.88. The molecule has 19 heavy (non-hydrogen) atoms. The topological polar surface area (TPSA) is 59.6 Å². The summed E-state index contributed by atoms with van der Waals surface area (Å²) in [4.78, 5) is 12.0. The molecule has 2 rings (SSSR count). The van der Waals surface area contributed by atoms with E-state index in [9.17, 15) is 4.79 Å².